The number of rotatable bonds is 3. The number of aromatic amines is 2. The van der Waals surface area contributed by atoms with E-state index in [9.17, 15) is 0 Å². The first-order chi connectivity index (χ1) is 10.8. The molecule has 0 aliphatic rings. The van der Waals surface area contributed by atoms with Gasteiger partial charge in [0.05, 0.1) is 17.6 Å². The molecule has 6 heteroatoms. The molecule has 0 aliphatic heterocycles. The Bertz CT molecular complexity index is 891. The molecule has 0 bridgehead atoms. The van der Waals surface area contributed by atoms with E-state index in [-0.39, 0.29) is 0 Å². The zero-order valence-electron chi connectivity index (χ0n) is 11.4. The molecule has 0 radical (unpaired) electrons. The molecule has 0 fully saturated rings. The van der Waals surface area contributed by atoms with Crippen molar-refractivity contribution in [3.63, 3.8) is 0 Å². The minimum atomic E-state index is 0.677. The van der Waals surface area contributed by atoms with Gasteiger partial charge in [-0.05, 0) is 29.8 Å². The Balaban J connectivity index is 1.75. The average Bonchev–Trinajstić information content (AvgIpc) is 3.27. The maximum atomic E-state index is 5.94. The van der Waals surface area contributed by atoms with Crippen LogP contribution in [-0.4, -0.2) is 20.3 Å². The molecule has 0 amide bonds. The maximum Gasteiger partial charge on any atom is 0.183 e. The third-order valence-electron chi connectivity index (χ3n) is 3.42. The summed E-state index contributed by atoms with van der Waals surface area (Å²) in [6.45, 7) is 0. The summed E-state index contributed by atoms with van der Waals surface area (Å²) in [5.74, 6) is 0.677. The van der Waals surface area contributed by atoms with Gasteiger partial charge in [-0.25, -0.2) is 0 Å². The van der Waals surface area contributed by atoms with Crippen molar-refractivity contribution in [1.29, 1.82) is 0 Å². The SMILES string of the molecule is Clc1ccc(-c2cn[nH]c2-c2cc(-c3ccc[nH]3)on2)cc1. The van der Waals surface area contributed by atoms with Crippen molar-refractivity contribution in [3.8, 4) is 34.0 Å². The van der Waals surface area contributed by atoms with Gasteiger partial charge in [0.1, 0.15) is 5.69 Å². The van der Waals surface area contributed by atoms with Gasteiger partial charge in [0.15, 0.2) is 5.76 Å². The lowest BCUT2D eigenvalue weighted by atomic mass is 10.1. The molecule has 0 saturated heterocycles. The zero-order chi connectivity index (χ0) is 14.9. The smallest absolute Gasteiger partial charge is 0.183 e. The second-order valence-corrected chi connectivity index (χ2v) is 5.26. The van der Waals surface area contributed by atoms with Gasteiger partial charge in [-0.2, -0.15) is 5.10 Å². The van der Waals surface area contributed by atoms with Crippen LogP contribution in [0, 0.1) is 0 Å². The summed E-state index contributed by atoms with van der Waals surface area (Å²) >= 11 is 5.94. The third kappa shape index (κ3) is 2.21. The normalized spacial score (nSPS) is 11.0. The summed E-state index contributed by atoms with van der Waals surface area (Å²) < 4.78 is 5.39. The Hall–Kier alpha value is -2.79. The molecule has 22 heavy (non-hydrogen) atoms. The first-order valence-electron chi connectivity index (χ1n) is 6.71. The van der Waals surface area contributed by atoms with E-state index in [0.717, 1.165) is 22.5 Å². The highest BCUT2D eigenvalue weighted by atomic mass is 35.5. The van der Waals surface area contributed by atoms with Gasteiger partial charge in [-0.3, -0.25) is 5.10 Å². The first-order valence-corrected chi connectivity index (χ1v) is 7.09. The minimum Gasteiger partial charge on any atom is -0.359 e. The molecule has 4 rings (SSSR count). The molecule has 1 aromatic carbocycles. The number of nitrogens with zero attached hydrogens (tertiary/aromatic N) is 2. The first kappa shape index (κ1) is 12.9. The summed E-state index contributed by atoms with van der Waals surface area (Å²) in [4.78, 5) is 3.09. The van der Waals surface area contributed by atoms with E-state index in [1.807, 2.05) is 48.7 Å². The summed E-state index contributed by atoms with van der Waals surface area (Å²) in [5.41, 5.74) is 4.35. The van der Waals surface area contributed by atoms with Gasteiger partial charge in [0.2, 0.25) is 0 Å². The van der Waals surface area contributed by atoms with Crippen molar-refractivity contribution in [2.75, 3.05) is 0 Å². The van der Waals surface area contributed by atoms with Crippen molar-refractivity contribution in [3.05, 3.63) is 59.9 Å². The topological polar surface area (TPSA) is 70.5 Å². The molecule has 0 spiro atoms. The van der Waals surface area contributed by atoms with Crippen LogP contribution < -0.4 is 0 Å². The van der Waals surface area contributed by atoms with Gasteiger partial charge >= 0.3 is 0 Å². The molecular formula is C16H11ClN4O. The minimum absolute atomic E-state index is 0.677. The van der Waals surface area contributed by atoms with Gasteiger partial charge < -0.3 is 9.51 Å². The highest BCUT2D eigenvalue weighted by Gasteiger charge is 2.15. The number of H-pyrrole nitrogens is 2. The van der Waals surface area contributed by atoms with Crippen molar-refractivity contribution in [2.45, 2.75) is 0 Å². The van der Waals surface area contributed by atoms with Crippen LogP contribution in [0.15, 0.2) is 59.4 Å². The Morgan fingerprint density at radius 3 is 2.73 bits per heavy atom. The molecule has 5 nitrogen and oxygen atoms in total. The van der Waals surface area contributed by atoms with Gasteiger partial charge in [0, 0.05) is 22.8 Å². The average molecular weight is 311 g/mol. The predicted octanol–water partition coefficient (Wildman–Crippen LogP) is 4.38. The molecule has 3 heterocycles. The lowest BCUT2D eigenvalue weighted by molar-refractivity contribution is 0.433. The largest absolute Gasteiger partial charge is 0.359 e. The second-order valence-electron chi connectivity index (χ2n) is 4.83. The van der Waals surface area contributed by atoms with Crippen molar-refractivity contribution >= 4 is 11.6 Å². The summed E-state index contributed by atoms with van der Waals surface area (Å²) in [6, 6.07) is 13.3. The number of nitrogens with one attached hydrogen (secondary N) is 2. The fourth-order valence-electron chi connectivity index (χ4n) is 2.33. The standard InChI is InChI=1S/C16H11ClN4O/c17-11-5-3-10(4-6-11)12-9-19-20-16(12)14-8-15(22-21-14)13-2-1-7-18-13/h1-9,18H,(H,19,20). The molecule has 0 atom stereocenters. The fourth-order valence-corrected chi connectivity index (χ4v) is 2.46. The Morgan fingerprint density at radius 2 is 1.95 bits per heavy atom. The Labute approximate surface area is 130 Å². The summed E-state index contributed by atoms with van der Waals surface area (Å²) in [5, 5.41) is 11.9. The highest BCUT2D eigenvalue weighted by Crippen LogP contribution is 2.32. The van der Waals surface area contributed by atoms with E-state index in [1.54, 1.807) is 6.20 Å². The summed E-state index contributed by atoms with van der Waals surface area (Å²) in [7, 11) is 0. The van der Waals surface area contributed by atoms with Crippen molar-refractivity contribution in [2.24, 2.45) is 0 Å². The molecule has 108 valence electrons. The zero-order valence-corrected chi connectivity index (χ0v) is 12.1. The monoisotopic (exact) mass is 310 g/mol. The predicted molar refractivity (Wildman–Crippen MR) is 84.3 cm³/mol. The molecule has 4 aromatic rings. The number of hydrogen-bond donors (Lipinski definition) is 2. The van der Waals surface area contributed by atoms with Crippen LogP contribution in [0.25, 0.3) is 34.0 Å². The van der Waals surface area contributed by atoms with Crippen LogP contribution in [0.2, 0.25) is 5.02 Å². The summed E-state index contributed by atoms with van der Waals surface area (Å²) in [6.07, 6.45) is 3.61. The number of benzene rings is 1. The molecule has 0 unspecified atom stereocenters. The van der Waals surface area contributed by atoms with Crippen LogP contribution in [0.4, 0.5) is 0 Å². The lowest BCUT2D eigenvalue weighted by Gasteiger charge is -2.00. The van der Waals surface area contributed by atoms with Crippen LogP contribution in [0.5, 0.6) is 0 Å². The highest BCUT2D eigenvalue weighted by molar-refractivity contribution is 6.30. The van der Waals surface area contributed by atoms with Crippen LogP contribution >= 0.6 is 11.6 Å². The van der Waals surface area contributed by atoms with Crippen LogP contribution in [0.3, 0.4) is 0 Å². The molecule has 0 saturated carbocycles. The van der Waals surface area contributed by atoms with E-state index < -0.39 is 0 Å². The molecular weight excluding hydrogens is 300 g/mol. The molecule has 2 N–H and O–H groups in total. The van der Waals surface area contributed by atoms with Crippen molar-refractivity contribution < 1.29 is 4.52 Å². The van der Waals surface area contributed by atoms with E-state index in [0.29, 0.717) is 16.5 Å². The van der Waals surface area contributed by atoms with Crippen LogP contribution in [0.1, 0.15) is 0 Å². The van der Waals surface area contributed by atoms with E-state index in [1.165, 1.54) is 0 Å². The lowest BCUT2D eigenvalue weighted by Crippen LogP contribution is -1.82. The Morgan fingerprint density at radius 1 is 1.09 bits per heavy atom. The molecule has 0 aliphatic carbocycles. The van der Waals surface area contributed by atoms with E-state index in [2.05, 4.69) is 20.3 Å². The van der Waals surface area contributed by atoms with E-state index >= 15 is 0 Å². The van der Waals surface area contributed by atoms with E-state index in [4.69, 9.17) is 16.1 Å². The number of halogens is 1. The van der Waals surface area contributed by atoms with Gasteiger partial charge in [-0.1, -0.05) is 28.9 Å². The molecule has 3 aromatic heterocycles. The quantitative estimate of drug-likeness (QED) is 0.590. The number of aromatic nitrogens is 4. The number of hydrogen-bond acceptors (Lipinski definition) is 3. The van der Waals surface area contributed by atoms with Gasteiger partial charge in [-0.15, -0.1) is 0 Å². The van der Waals surface area contributed by atoms with Crippen molar-refractivity contribution in [1.82, 2.24) is 20.3 Å². The second kappa shape index (κ2) is 5.20. The van der Waals surface area contributed by atoms with Crippen LogP contribution in [-0.2, 0) is 0 Å². The van der Waals surface area contributed by atoms with Gasteiger partial charge in [0.25, 0.3) is 0 Å². The Kier molecular flexibility index (Phi) is 3.05. The third-order valence-corrected chi connectivity index (χ3v) is 3.68. The maximum absolute atomic E-state index is 5.94. The fraction of sp³-hybridized carbons (Fsp3) is 0.